The highest BCUT2D eigenvalue weighted by atomic mass is 16.2. The molecule has 53 heavy (non-hydrogen) atoms. The Morgan fingerprint density at radius 3 is 1.42 bits per heavy atom. The van der Waals surface area contributed by atoms with E-state index < -0.39 is 0 Å². The molecule has 8 N–H and O–H groups in total. The highest BCUT2D eigenvalue weighted by Gasteiger charge is 2.07. The molecule has 0 atom stereocenters. The van der Waals surface area contributed by atoms with Gasteiger partial charge in [-0.25, -0.2) is 9.97 Å². The minimum Gasteiger partial charge on any atom is -0.382 e. The zero-order chi connectivity index (χ0) is 37.4. The summed E-state index contributed by atoms with van der Waals surface area (Å²) in [6, 6.07) is 39.9. The molecule has 0 aliphatic carbocycles. The number of carbonyl (C=O) groups is 2. The lowest BCUT2D eigenvalue weighted by atomic mass is 10.0. The number of nitrogens with two attached hydrogens (primary N) is 2. The van der Waals surface area contributed by atoms with Gasteiger partial charge in [-0.15, -0.1) is 0 Å². The minimum absolute atomic E-state index is 0.00848. The van der Waals surface area contributed by atoms with Gasteiger partial charge in [0.1, 0.15) is 11.6 Å². The van der Waals surface area contributed by atoms with Gasteiger partial charge in [0.25, 0.3) is 0 Å². The third-order valence-corrected chi connectivity index (χ3v) is 8.25. The molecule has 0 spiro atoms. The first-order chi connectivity index (χ1) is 25.8. The molecule has 2 heterocycles. The van der Waals surface area contributed by atoms with Crippen LogP contribution in [0.5, 0.6) is 0 Å². The summed E-state index contributed by atoms with van der Waals surface area (Å²) >= 11 is 0. The Morgan fingerprint density at radius 2 is 0.981 bits per heavy atom. The molecule has 2 amide bonds. The highest BCUT2D eigenvalue weighted by molar-refractivity contribution is 5.92. The van der Waals surface area contributed by atoms with Crippen molar-refractivity contribution in [2.24, 2.45) is 0 Å². The van der Waals surface area contributed by atoms with Gasteiger partial charge in [-0.05, 0) is 100 Å². The molecule has 270 valence electrons. The third kappa shape index (κ3) is 11.4. The van der Waals surface area contributed by atoms with Crippen LogP contribution in [0.4, 0.5) is 34.4 Å². The van der Waals surface area contributed by atoms with Crippen LogP contribution in [0.3, 0.4) is 0 Å². The van der Waals surface area contributed by atoms with Crippen LogP contribution in [-0.4, -0.2) is 21.8 Å². The Kier molecular flexibility index (Phi) is 13.5. The Labute approximate surface area is 311 Å². The van der Waals surface area contributed by atoms with Gasteiger partial charge in [0.2, 0.25) is 11.8 Å². The van der Waals surface area contributed by atoms with Crippen molar-refractivity contribution in [3.8, 4) is 22.3 Å². The number of amides is 2. The van der Waals surface area contributed by atoms with E-state index in [0.717, 1.165) is 62.6 Å². The number of benzene rings is 4. The molecule has 0 bridgehead atoms. The summed E-state index contributed by atoms with van der Waals surface area (Å²) in [5, 5.41) is 12.5. The van der Waals surface area contributed by atoms with Crippen molar-refractivity contribution >= 4 is 46.2 Å². The predicted molar refractivity (Wildman–Crippen MR) is 218 cm³/mol. The number of nitrogen functional groups attached to an aromatic ring is 2. The molecule has 10 nitrogen and oxygen atoms in total. The second-order valence-electron chi connectivity index (χ2n) is 12.3. The fraction of sp³-hybridized carbons (Fsp3) is 0.163. The quantitative estimate of drug-likeness (QED) is 0.0694. The molecule has 0 unspecified atom stereocenters. The van der Waals surface area contributed by atoms with Gasteiger partial charge in [0.15, 0.2) is 0 Å². The molecule has 0 aliphatic rings. The lowest BCUT2D eigenvalue weighted by molar-refractivity contribution is -0.116. The first kappa shape index (κ1) is 37.6. The first-order valence-electron chi connectivity index (χ1n) is 17.7. The number of anilines is 6. The minimum atomic E-state index is 0.00848. The number of hydrogen-bond donors (Lipinski definition) is 6. The average Bonchev–Trinajstić information content (AvgIpc) is 3.18. The smallest absolute Gasteiger partial charge is 0.224 e. The van der Waals surface area contributed by atoms with Crippen molar-refractivity contribution in [1.29, 1.82) is 0 Å². The Balaban J connectivity index is 0.000000204. The summed E-state index contributed by atoms with van der Waals surface area (Å²) in [6.07, 6.45) is 5.17. The molecule has 0 saturated carbocycles. The molecule has 0 radical (unpaired) electrons. The van der Waals surface area contributed by atoms with E-state index in [2.05, 4.69) is 67.6 Å². The Hall–Kier alpha value is -6.68. The van der Waals surface area contributed by atoms with E-state index >= 15 is 0 Å². The van der Waals surface area contributed by atoms with Crippen LogP contribution in [0.15, 0.2) is 134 Å². The maximum atomic E-state index is 11.8. The van der Waals surface area contributed by atoms with Crippen LogP contribution in [0.2, 0.25) is 0 Å². The van der Waals surface area contributed by atoms with Crippen molar-refractivity contribution in [2.45, 2.75) is 46.2 Å². The number of nitrogens with zero attached hydrogens (tertiary/aromatic N) is 2. The van der Waals surface area contributed by atoms with Crippen LogP contribution in [-0.2, 0) is 22.7 Å². The summed E-state index contributed by atoms with van der Waals surface area (Å²) in [5.74, 6) is 1.03. The van der Waals surface area contributed by atoms with E-state index in [1.165, 1.54) is 0 Å². The van der Waals surface area contributed by atoms with E-state index in [9.17, 15) is 9.59 Å². The van der Waals surface area contributed by atoms with Gasteiger partial charge in [0.05, 0.1) is 11.4 Å². The van der Waals surface area contributed by atoms with Gasteiger partial charge in [-0.3, -0.25) is 9.59 Å². The monoisotopic (exact) mass is 706 g/mol. The third-order valence-electron chi connectivity index (χ3n) is 8.25. The molecule has 6 aromatic rings. The summed E-state index contributed by atoms with van der Waals surface area (Å²) < 4.78 is 0. The number of pyridine rings is 2. The lowest BCUT2D eigenvalue weighted by Gasteiger charge is -2.11. The van der Waals surface area contributed by atoms with Gasteiger partial charge in [-0.1, -0.05) is 74.5 Å². The topological polar surface area (TPSA) is 160 Å². The second kappa shape index (κ2) is 19.1. The lowest BCUT2D eigenvalue weighted by Crippen LogP contribution is -2.10. The number of rotatable bonds is 13. The molecule has 10 heteroatoms. The van der Waals surface area contributed by atoms with Gasteiger partial charge in [-0.2, -0.15) is 0 Å². The van der Waals surface area contributed by atoms with E-state index in [4.69, 9.17) is 11.5 Å². The maximum absolute atomic E-state index is 11.8. The zero-order valence-electron chi connectivity index (χ0n) is 30.1. The Morgan fingerprint density at radius 1 is 0.547 bits per heavy atom. The largest absolute Gasteiger partial charge is 0.382 e. The van der Waals surface area contributed by atoms with Crippen LogP contribution in [0, 0.1) is 0 Å². The maximum Gasteiger partial charge on any atom is 0.224 e. The van der Waals surface area contributed by atoms with Gasteiger partial charge < -0.3 is 32.7 Å². The fourth-order valence-electron chi connectivity index (χ4n) is 5.50. The van der Waals surface area contributed by atoms with Gasteiger partial charge in [0, 0.05) is 49.7 Å². The molecule has 4 aromatic carbocycles. The molecule has 2 aromatic heterocycles. The highest BCUT2D eigenvalue weighted by Crippen LogP contribution is 2.26. The summed E-state index contributed by atoms with van der Waals surface area (Å²) in [5.41, 5.74) is 21.6. The first-order valence-corrected chi connectivity index (χ1v) is 17.7. The van der Waals surface area contributed by atoms with Crippen LogP contribution < -0.4 is 32.7 Å². The Bertz CT molecular complexity index is 2130. The molecule has 0 aliphatic heterocycles. The summed E-state index contributed by atoms with van der Waals surface area (Å²) in [4.78, 5) is 31.6. The second-order valence-corrected chi connectivity index (χ2v) is 12.3. The number of hydrogen-bond acceptors (Lipinski definition) is 8. The molecule has 0 fully saturated rings. The SMILES string of the molecule is CCC(=O)Nc1cccc(-c2cccc(CNc3cccnc3N)c2)c1.CCCC(=O)Nc1cccc(-c2cccc(CNc3cccnc3N)c2)c1. The molecular weight excluding hydrogens is 661 g/mol. The molecule has 0 saturated heterocycles. The molecular formula is C43H46N8O2. The number of nitrogens with one attached hydrogen (secondary N) is 4. The van der Waals surface area contributed by atoms with Crippen molar-refractivity contribution in [1.82, 2.24) is 9.97 Å². The van der Waals surface area contributed by atoms with Gasteiger partial charge >= 0.3 is 0 Å². The zero-order valence-corrected chi connectivity index (χ0v) is 30.1. The summed E-state index contributed by atoms with van der Waals surface area (Å²) in [7, 11) is 0. The molecule has 6 rings (SSSR count). The van der Waals surface area contributed by atoms with Crippen molar-refractivity contribution in [3.05, 3.63) is 145 Å². The van der Waals surface area contributed by atoms with Crippen molar-refractivity contribution < 1.29 is 9.59 Å². The van der Waals surface area contributed by atoms with Crippen molar-refractivity contribution in [3.63, 3.8) is 0 Å². The van der Waals surface area contributed by atoms with E-state index in [-0.39, 0.29) is 11.8 Å². The number of aromatic nitrogens is 2. The van der Waals surface area contributed by atoms with Crippen molar-refractivity contribution in [2.75, 3.05) is 32.7 Å². The van der Waals surface area contributed by atoms with E-state index in [1.54, 1.807) is 12.4 Å². The normalized spacial score (nSPS) is 10.4. The van der Waals surface area contributed by atoms with E-state index in [1.807, 2.05) is 98.8 Å². The van der Waals surface area contributed by atoms with E-state index in [0.29, 0.717) is 37.6 Å². The average molecular weight is 707 g/mol. The number of carbonyl (C=O) groups excluding carboxylic acids is 2. The standard InChI is InChI=1S/C22H24N4O.C21H22N4O/c1-2-6-21(27)26-19-10-4-9-18(14-19)17-8-3-7-16(13-17)15-25-20-11-5-12-24-22(20)23;1-2-20(26)25-18-9-4-8-17(13-18)16-7-3-6-15(12-16)14-24-19-10-5-11-23-21(19)22/h3-5,7-14,25H,2,6,15H2,1H3,(H2,23,24)(H,26,27);3-13,24H,2,14H2,1H3,(H2,22,23)(H,25,26). The van der Waals surface area contributed by atoms with Crippen LogP contribution in [0.25, 0.3) is 22.3 Å². The summed E-state index contributed by atoms with van der Waals surface area (Å²) in [6.45, 7) is 5.13. The predicted octanol–water partition coefficient (Wildman–Crippen LogP) is 8.97. The fourth-order valence-corrected chi connectivity index (χ4v) is 5.50. The van der Waals surface area contributed by atoms with Crippen LogP contribution in [0.1, 0.15) is 44.2 Å². The van der Waals surface area contributed by atoms with Crippen LogP contribution >= 0.6 is 0 Å².